The molecule has 1 atom stereocenters. The highest BCUT2D eigenvalue weighted by molar-refractivity contribution is 5.82. The summed E-state index contributed by atoms with van der Waals surface area (Å²) in [5.41, 5.74) is 0. The van der Waals surface area contributed by atoms with Crippen LogP contribution in [0.25, 0.3) is 0 Å². The van der Waals surface area contributed by atoms with Gasteiger partial charge in [0.1, 0.15) is 6.04 Å². The van der Waals surface area contributed by atoms with Gasteiger partial charge < -0.3 is 15.7 Å². The minimum atomic E-state index is -1.02. The van der Waals surface area contributed by atoms with Crippen LogP contribution < -0.4 is 10.6 Å². The topological polar surface area (TPSA) is 78.4 Å². The molecule has 5 heteroatoms. The number of aliphatic carboxylic acids is 1. The molecule has 0 aromatic heterocycles. The Bertz CT molecular complexity index is 224. The highest BCUT2D eigenvalue weighted by Crippen LogP contribution is 2.17. The minimum Gasteiger partial charge on any atom is -0.480 e. The van der Waals surface area contributed by atoms with Gasteiger partial charge in [0.15, 0.2) is 0 Å². The zero-order valence-electron chi connectivity index (χ0n) is 8.25. The lowest BCUT2D eigenvalue weighted by Gasteiger charge is -2.14. The largest absolute Gasteiger partial charge is 0.480 e. The Kier molecular flexibility index (Phi) is 3.73. The molecule has 3 N–H and O–H groups in total. The Hall–Kier alpha value is -1.26. The molecule has 0 radical (unpaired) electrons. The van der Waals surface area contributed by atoms with Crippen LogP contribution in [0, 0.1) is 0 Å². The summed E-state index contributed by atoms with van der Waals surface area (Å²) in [7, 11) is 0. The number of carbonyl (C=O) groups excluding carboxylic acids is 1. The molecule has 1 aliphatic rings. The van der Waals surface area contributed by atoms with Crippen LogP contribution in [0.1, 0.15) is 32.6 Å². The highest BCUT2D eigenvalue weighted by atomic mass is 16.4. The smallest absolute Gasteiger partial charge is 0.325 e. The molecule has 0 unspecified atom stereocenters. The number of carboxylic acids is 1. The predicted molar refractivity (Wildman–Crippen MR) is 51.0 cm³/mol. The van der Waals surface area contributed by atoms with E-state index in [0.29, 0.717) is 0 Å². The molecule has 0 aromatic carbocycles. The Morgan fingerprint density at radius 3 is 2.43 bits per heavy atom. The van der Waals surface area contributed by atoms with Crippen molar-refractivity contribution < 1.29 is 14.7 Å². The van der Waals surface area contributed by atoms with E-state index in [4.69, 9.17) is 5.11 Å². The van der Waals surface area contributed by atoms with Crippen molar-refractivity contribution in [1.82, 2.24) is 10.6 Å². The second kappa shape index (κ2) is 4.83. The second-order valence-electron chi connectivity index (χ2n) is 3.66. The predicted octanol–water partition coefficient (Wildman–Crippen LogP) is 0.701. The van der Waals surface area contributed by atoms with Gasteiger partial charge in [-0.3, -0.25) is 4.79 Å². The molecular weight excluding hydrogens is 184 g/mol. The first kappa shape index (κ1) is 10.8. The third-order valence-electron chi connectivity index (χ3n) is 2.41. The first-order chi connectivity index (χ1) is 6.59. The third kappa shape index (κ3) is 3.24. The fourth-order valence-electron chi connectivity index (χ4n) is 1.56. The summed E-state index contributed by atoms with van der Waals surface area (Å²) in [6.07, 6.45) is 4.27. The average molecular weight is 200 g/mol. The number of hydrogen-bond donors (Lipinski definition) is 3. The van der Waals surface area contributed by atoms with E-state index >= 15 is 0 Å². The number of hydrogen-bond acceptors (Lipinski definition) is 2. The summed E-state index contributed by atoms with van der Waals surface area (Å²) < 4.78 is 0. The molecule has 2 amide bonds. The molecule has 0 heterocycles. The van der Waals surface area contributed by atoms with Crippen LogP contribution in [-0.2, 0) is 4.79 Å². The highest BCUT2D eigenvalue weighted by Gasteiger charge is 2.19. The Labute approximate surface area is 82.9 Å². The molecule has 0 spiro atoms. The van der Waals surface area contributed by atoms with Gasteiger partial charge in [-0.1, -0.05) is 12.8 Å². The van der Waals surface area contributed by atoms with Gasteiger partial charge in [-0.2, -0.15) is 0 Å². The van der Waals surface area contributed by atoms with Gasteiger partial charge >= 0.3 is 12.0 Å². The molecule has 14 heavy (non-hydrogen) atoms. The zero-order valence-corrected chi connectivity index (χ0v) is 8.25. The fourth-order valence-corrected chi connectivity index (χ4v) is 1.56. The number of amides is 2. The number of nitrogens with one attached hydrogen (secondary N) is 2. The van der Waals surface area contributed by atoms with Crippen molar-refractivity contribution >= 4 is 12.0 Å². The van der Waals surface area contributed by atoms with E-state index < -0.39 is 12.0 Å². The van der Waals surface area contributed by atoms with E-state index in [9.17, 15) is 9.59 Å². The molecule has 1 aliphatic carbocycles. The summed E-state index contributed by atoms with van der Waals surface area (Å²) in [6.45, 7) is 1.44. The van der Waals surface area contributed by atoms with Gasteiger partial charge in [0, 0.05) is 6.04 Å². The van der Waals surface area contributed by atoms with Gasteiger partial charge in [-0.15, -0.1) is 0 Å². The second-order valence-corrected chi connectivity index (χ2v) is 3.66. The van der Waals surface area contributed by atoms with Crippen LogP contribution in [0.15, 0.2) is 0 Å². The lowest BCUT2D eigenvalue weighted by molar-refractivity contribution is -0.138. The number of urea groups is 1. The number of carboxylic acid groups (broad SMARTS) is 1. The van der Waals surface area contributed by atoms with E-state index in [0.717, 1.165) is 25.7 Å². The van der Waals surface area contributed by atoms with E-state index in [2.05, 4.69) is 10.6 Å². The first-order valence-corrected chi connectivity index (χ1v) is 4.89. The van der Waals surface area contributed by atoms with Crippen LogP contribution in [0.3, 0.4) is 0 Å². The summed E-state index contributed by atoms with van der Waals surface area (Å²) in [5.74, 6) is -1.02. The molecule has 1 fully saturated rings. The summed E-state index contributed by atoms with van der Waals surface area (Å²) in [4.78, 5) is 21.7. The molecule has 1 rings (SSSR count). The summed E-state index contributed by atoms with van der Waals surface area (Å²) >= 11 is 0. The Balaban J connectivity index is 2.24. The maximum absolute atomic E-state index is 11.2. The molecule has 0 aliphatic heterocycles. The number of rotatable bonds is 3. The third-order valence-corrected chi connectivity index (χ3v) is 2.41. The van der Waals surface area contributed by atoms with Crippen molar-refractivity contribution in [1.29, 1.82) is 0 Å². The van der Waals surface area contributed by atoms with E-state index in [1.165, 1.54) is 6.92 Å². The van der Waals surface area contributed by atoms with Crippen molar-refractivity contribution in [3.05, 3.63) is 0 Å². The monoisotopic (exact) mass is 200 g/mol. The maximum Gasteiger partial charge on any atom is 0.325 e. The SMILES string of the molecule is C[C@@H](NC(=O)NC1CCCC1)C(=O)O. The molecule has 5 nitrogen and oxygen atoms in total. The zero-order chi connectivity index (χ0) is 10.6. The quantitative estimate of drug-likeness (QED) is 0.627. The van der Waals surface area contributed by atoms with Crippen molar-refractivity contribution in [2.75, 3.05) is 0 Å². The van der Waals surface area contributed by atoms with Gasteiger partial charge in [0.2, 0.25) is 0 Å². The Morgan fingerprint density at radius 1 is 1.36 bits per heavy atom. The van der Waals surface area contributed by atoms with Crippen LogP contribution >= 0.6 is 0 Å². The van der Waals surface area contributed by atoms with Crippen LogP contribution in [0.5, 0.6) is 0 Å². The van der Waals surface area contributed by atoms with E-state index in [1.54, 1.807) is 0 Å². The van der Waals surface area contributed by atoms with E-state index in [-0.39, 0.29) is 12.1 Å². The van der Waals surface area contributed by atoms with Crippen LogP contribution in [0.2, 0.25) is 0 Å². The van der Waals surface area contributed by atoms with Crippen molar-refractivity contribution in [2.45, 2.75) is 44.7 Å². The Morgan fingerprint density at radius 2 is 1.93 bits per heavy atom. The van der Waals surface area contributed by atoms with Gasteiger partial charge in [0.25, 0.3) is 0 Å². The minimum absolute atomic E-state index is 0.219. The lowest BCUT2D eigenvalue weighted by atomic mass is 10.2. The summed E-state index contributed by atoms with van der Waals surface area (Å²) in [6, 6.07) is -1.00. The van der Waals surface area contributed by atoms with Crippen LogP contribution in [0.4, 0.5) is 4.79 Å². The van der Waals surface area contributed by atoms with Gasteiger partial charge in [0.05, 0.1) is 0 Å². The van der Waals surface area contributed by atoms with E-state index in [1.807, 2.05) is 0 Å². The standard InChI is InChI=1S/C9H16N2O3/c1-6(8(12)13)10-9(14)11-7-4-2-3-5-7/h6-7H,2-5H2,1H3,(H,12,13)(H2,10,11,14)/t6-/m1/s1. The molecular formula is C9H16N2O3. The molecule has 0 bridgehead atoms. The van der Waals surface area contributed by atoms with Crippen molar-refractivity contribution in [3.63, 3.8) is 0 Å². The van der Waals surface area contributed by atoms with Crippen LogP contribution in [-0.4, -0.2) is 29.2 Å². The molecule has 1 saturated carbocycles. The molecule has 80 valence electrons. The van der Waals surface area contributed by atoms with Gasteiger partial charge in [-0.05, 0) is 19.8 Å². The molecule has 0 saturated heterocycles. The average Bonchev–Trinajstić information content (AvgIpc) is 2.56. The van der Waals surface area contributed by atoms with Crippen molar-refractivity contribution in [2.24, 2.45) is 0 Å². The first-order valence-electron chi connectivity index (χ1n) is 4.89. The lowest BCUT2D eigenvalue weighted by Crippen LogP contribution is -2.47. The number of carbonyl (C=O) groups is 2. The maximum atomic E-state index is 11.2. The molecule has 0 aromatic rings. The fraction of sp³-hybridized carbons (Fsp3) is 0.778. The van der Waals surface area contributed by atoms with Gasteiger partial charge in [-0.25, -0.2) is 4.79 Å². The normalized spacial score (nSPS) is 18.9. The summed E-state index contributed by atoms with van der Waals surface area (Å²) in [5, 5.41) is 13.7. The van der Waals surface area contributed by atoms with Crippen molar-refractivity contribution in [3.8, 4) is 0 Å².